The number of benzene rings is 1. The summed E-state index contributed by atoms with van der Waals surface area (Å²) in [4.78, 5) is 0. The molecule has 0 radical (unpaired) electrons. The molecule has 1 nitrogen and oxygen atoms in total. The van der Waals surface area contributed by atoms with E-state index in [9.17, 15) is 0 Å². The number of fused-ring (bicyclic) bond motifs is 1. The third-order valence-corrected chi connectivity index (χ3v) is 4.18. The second-order valence-electron chi connectivity index (χ2n) is 4.47. The van der Waals surface area contributed by atoms with Gasteiger partial charge < -0.3 is 5.73 Å². The van der Waals surface area contributed by atoms with E-state index in [2.05, 4.69) is 29.6 Å². The van der Waals surface area contributed by atoms with E-state index in [1.165, 1.54) is 34.9 Å². The Hall–Kier alpha value is -0.570. The maximum atomic E-state index is 6.25. The molecule has 0 spiro atoms. The molecule has 1 aromatic carbocycles. The fraction of sp³-hybridized carbons (Fsp3) is 0.385. The van der Waals surface area contributed by atoms with E-state index in [1.54, 1.807) is 0 Å². The smallest absolute Gasteiger partial charge is 0.0346 e. The zero-order chi connectivity index (χ0) is 10.3. The summed E-state index contributed by atoms with van der Waals surface area (Å²) in [6, 6.07) is 8.80. The molecule has 1 aliphatic rings. The highest BCUT2D eigenvalue weighted by atomic mass is 35.5. The molecule has 1 saturated carbocycles. The van der Waals surface area contributed by atoms with Crippen molar-refractivity contribution < 1.29 is 0 Å². The van der Waals surface area contributed by atoms with Crippen molar-refractivity contribution >= 4 is 33.8 Å². The van der Waals surface area contributed by atoms with Crippen molar-refractivity contribution in [3.8, 4) is 0 Å². The van der Waals surface area contributed by atoms with Crippen LogP contribution in [0.1, 0.15) is 30.9 Å². The summed E-state index contributed by atoms with van der Waals surface area (Å²) in [7, 11) is 0. The van der Waals surface area contributed by atoms with Crippen LogP contribution in [0.4, 0.5) is 0 Å². The molecule has 0 saturated heterocycles. The number of hydrogen-bond donors (Lipinski definition) is 1. The predicted molar refractivity (Wildman–Crippen MR) is 73.3 cm³/mol. The van der Waals surface area contributed by atoms with Gasteiger partial charge in [0.05, 0.1) is 0 Å². The van der Waals surface area contributed by atoms with E-state index in [-0.39, 0.29) is 18.4 Å². The van der Waals surface area contributed by atoms with Gasteiger partial charge in [-0.3, -0.25) is 0 Å². The monoisotopic (exact) mass is 253 g/mol. The molecule has 1 aromatic heterocycles. The van der Waals surface area contributed by atoms with Crippen LogP contribution < -0.4 is 5.73 Å². The van der Waals surface area contributed by atoms with Crippen molar-refractivity contribution in [1.82, 2.24) is 0 Å². The molecule has 16 heavy (non-hydrogen) atoms. The van der Waals surface area contributed by atoms with E-state index >= 15 is 0 Å². The minimum Gasteiger partial charge on any atom is -0.324 e. The van der Waals surface area contributed by atoms with E-state index in [0.29, 0.717) is 0 Å². The van der Waals surface area contributed by atoms with Gasteiger partial charge in [0.15, 0.2) is 0 Å². The topological polar surface area (TPSA) is 26.0 Å². The molecule has 1 heterocycles. The first-order valence-electron chi connectivity index (χ1n) is 5.56. The van der Waals surface area contributed by atoms with Gasteiger partial charge in [-0.2, -0.15) is 0 Å². The molecule has 86 valence electrons. The van der Waals surface area contributed by atoms with Crippen molar-refractivity contribution in [2.24, 2.45) is 11.7 Å². The van der Waals surface area contributed by atoms with Gasteiger partial charge in [-0.1, -0.05) is 31.0 Å². The minimum atomic E-state index is 0. The van der Waals surface area contributed by atoms with Gasteiger partial charge in [-0.25, -0.2) is 0 Å². The van der Waals surface area contributed by atoms with Crippen molar-refractivity contribution in [3.05, 3.63) is 35.2 Å². The first kappa shape index (κ1) is 11.9. The van der Waals surface area contributed by atoms with Crippen LogP contribution >= 0.6 is 23.7 Å². The van der Waals surface area contributed by atoms with Crippen molar-refractivity contribution in [2.45, 2.75) is 25.3 Å². The van der Waals surface area contributed by atoms with E-state index in [0.717, 1.165) is 5.92 Å². The molecule has 1 atom stereocenters. The van der Waals surface area contributed by atoms with Gasteiger partial charge in [0.1, 0.15) is 0 Å². The van der Waals surface area contributed by atoms with Crippen LogP contribution in [0, 0.1) is 5.92 Å². The second-order valence-corrected chi connectivity index (χ2v) is 5.38. The Morgan fingerprint density at radius 3 is 2.81 bits per heavy atom. The van der Waals surface area contributed by atoms with Crippen LogP contribution in [-0.2, 0) is 0 Å². The zero-order valence-corrected chi connectivity index (χ0v) is 10.7. The third-order valence-electron chi connectivity index (χ3n) is 3.19. The van der Waals surface area contributed by atoms with Gasteiger partial charge >= 0.3 is 0 Å². The second kappa shape index (κ2) is 4.74. The molecule has 1 aliphatic carbocycles. The maximum absolute atomic E-state index is 6.25. The molecule has 2 aromatic rings. The molecule has 1 fully saturated rings. The number of rotatable bonds is 3. The summed E-state index contributed by atoms with van der Waals surface area (Å²) < 4.78 is 1.36. The highest BCUT2D eigenvalue weighted by Gasteiger charge is 2.25. The lowest BCUT2D eigenvalue weighted by atomic mass is 10.0. The lowest BCUT2D eigenvalue weighted by molar-refractivity contribution is 0.601. The van der Waals surface area contributed by atoms with E-state index in [4.69, 9.17) is 5.73 Å². The van der Waals surface area contributed by atoms with Gasteiger partial charge in [0.2, 0.25) is 0 Å². The number of nitrogens with two attached hydrogens (primary N) is 1. The highest BCUT2D eigenvalue weighted by Crippen LogP contribution is 2.39. The molecule has 3 rings (SSSR count). The zero-order valence-electron chi connectivity index (χ0n) is 9.06. The molecular formula is C13H16ClNS. The quantitative estimate of drug-likeness (QED) is 0.875. The summed E-state index contributed by atoms with van der Waals surface area (Å²) in [5.41, 5.74) is 7.60. The lowest BCUT2D eigenvalue weighted by Crippen LogP contribution is -2.10. The van der Waals surface area contributed by atoms with Gasteiger partial charge in [-0.05, 0) is 34.7 Å². The average Bonchev–Trinajstić information content (AvgIpc) is 2.96. The van der Waals surface area contributed by atoms with Crippen LogP contribution in [0.5, 0.6) is 0 Å². The number of halogens is 1. The van der Waals surface area contributed by atoms with Crippen LogP contribution in [0.3, 0.4) is 0 Å². The van der Waals surface area contributed by atoms with Crippen molar-refractivity contribution in [1.29, 1.82) is 0 Å². The average molecular weight is 254 g/mol. The molecule has 0 bridgehead atoms. The summed E-state index contributed by atoms with van der Waals surface area (Å²) in [5.74, 6) is 0.902. The molecule has 2 N–H and O–H groups in total. The molecule has 0 unspecified atom stereocenters. The first-order chi connectivity index (χ1) is 7.34. The minimum absolute atomic E-state index is 0. The summed E-state index contributed by atoms with van der Waals surface area (Å²) in [6.07, 6.45) is 3.94. The lowest BCUT2D eigenvalue weighted by Gasteiger charge is -2.09. The van der Waals surface area contributed by atoms with Crippen molar-refractivity contribution in [3.63, 3.8) is 0 Å². The Labute approximate surface area is 106 Å². The Balaban J connectivity index is 0.000000963. The van der Waals surface area contributed by atoms with Gasteiger partial charge in [-0.15, -0.1) is 23.7 Å². The Kier molecular flexibility index (Phi) is 3.53. The highest BCUT2D eigenvalue weighted by molar-refractivity contribution is 7.17. The standard InChI is InChI=1S/C13H15NS.ClH/c14-12(7-9-5-6-9)11-8-15-13-4-2-1-3-10(11)13;/h1-4,8-9,12H,5-7,14H2;1H/t12-;/m0./s1. The maximum Gasteiger partial charge on any atom is 0.0346 e. The number of hydrogen-bond acceptors (Lipinski definition) is 2. The predicted octanol–water partition coefficient (Wildman–Crippen LogP) is 4.12. The third kappa shape index (κ3) is 2.24. The number of thiophene rings is 1. The van der Waals surface area contributed by atoms with Crippen LogP contribution in [0.2, 0.25) is 0 Å². The summed E-state index contributed by atoms with van der Waals surface area (Å²) in [5, 5.41) is 3.59. The fourth-order valence-electron chi connectivity index (χ4n) is 2.13. The van der Waals surface area contributed by atoms with E-state index < -0.39 is 0 Å². The Morgan fingerprint density at radius 1 is 1.31 bits per heavy atom. The van der Waals surface area contributed by atoms with Gasteiger partial charge in [0, 0.05) is 10.7 Å². The summed E-state index contributed by atoms with van der Waals surface area (Å²) >= 11 is 1.81. The molecule has 0 amide bonds. The van der Waals surface area contributed by atoms with Crippen molar-refractivity contribution in [2.75, 3.05) is 0 Å². The van der Waals surface area contributed by atoms with Gasteiger partial charge in [0.25, 0.3) is 0 Å². The van der Waals surface area contributed by atoms with E-state index in [1.807, 2.05) is 11.3 Å². The first-order valence-corrected chi connectivity index (χ1v) is 6.44. The molecule has 3 heteroatoms. The van der Waals surface area contributed by atoms with Crippen LogP contribution in [-0.4, -0.2) is 0 Å². The van der Waals surface area contributed by atoms with Crippen LogP contribution in [0.25, 0.3) is 10.1 Å². The molecular weight excluding hydrogens is 238 g/mol. The summed E-state index contributed by atoms with van der Waals surface area (Å²) in [6.45, 7) is 0. The SMILES string of the molecule is Cl.N[C@@H](CC1CC1)c1csc2ccccc12. The van der Waals surface area contributed by atoms with Crippen LogP contribution in [0.15, 0.2) is 29.6 Å². The molecule has 0 aliphatic heterocycles. The Morgan fingerprint density at radius 2 is 2.06 bits per heavy atom. The fourth-order valence-corrected chi connectivity index (χ4v) is 3.15. The largest absolute Gasteiger partial charge is 0.324 e. The normalized spacial score (nSPS) is 17.1. The Bertz CT molecular complexity index is 475.